The molecule has 2 aliphatic heterocycles. The summed E-state index contributed by atoms with van der Waals surface area (Å²) in [5.74, 6) is 0.788. The quantitative estimate of drug-likeness (QED) is 0.816. The average molecular weight is 309 g/mol. The van der Waals surface area contributed by atoms with Crippen LogP contribution in [0.25, 0.3) is 0 Å². The molecule has 4 nitrogen and oxygen atoms in total. The molecule has 0 aromatic heterocycles. The Morgan fingerprint density at radius 1 is 1.17 bits per heavy atom. The third-order valence-corrected chi connectivity index (χ3v) is 4.34. The van der Waals surface area contributed by atoms with Gasteiger partial charge in [0.25, 0.3) is 5.91 Å². The number of ether oxygens (including phenoxy) is 2. The van der Waals surface area contributed by atoms with Crippen LogP contribution in [0.15, 0.2) is 48.5 Å². The Bertz CT molecular complexity index is 724. The van der Waals surface area contributed by atoms with Crippen LogP contribution < -0.4 is 4.74 Å². The van der Waals surface area contributed by atoms with Gasteiger partial charge in [0.2, 0.25) is 0 Å². The molecule has 0 N–H and O–H groups in total. The fourth-order valence-corrected chi connectivity index (χ4v) is 2.92. The van der Waals surface area contributed by atoms with Gasteiger partial charge in [-0.2, -0.15) is 0 Å². The van der Waals surface area contributed by atoms with Gasteiger partial charge in [0.05, 0.1) is 6.61 Å². The summed E-state index contributed by atoms with van der Waals surface area (Å²) in [4.78, 5) is 14.7. The Labute approximate surface area is 135 Å². The molecule has 2 heterocycles. The fraction of sp³-hybridized carbons (Fsp3) is 0.316. The molecule has 2 aliphatic rings. The van der Waals surface area contributed by atoms with E-state index in [-0.39, 0.29) is 12.0 Å². The summed E-state index contributed by atoms with van der Waals surface area (Å²) in [6, 6.07) is 15.8. The number of carbonyl (C=O) groups is 1. The third-order valence-electron chi connectivity index (χ3n) is 4.34. The first-order chi connectivity index (χ1) is 11.3. The first kappa shape index (κ1) is 14.3. The molecule has 1 saturated heterocycles. The molecule has 0 radical (unpaired) electrons. The van der Waals surface area contributed by atoms with Crippen LogP contribution >= 0.6 is 0 Å². The first-order valence-electron chi connectivity index (χ1n) is 8.00. The van der Waals surface area contributed by atoms with Gasteiger partial charge in [0.15, 0.2) is 0 Å². The van der Waals surface area contributed by atoms with E-state index in [4.69, 9.17) is 9.47 Å². The van der Waals surface area contributed by atoms with E-state index in [1.807, 2.05) is 35.2 Å². The number of hydrogen-bond acceptors (Lipinski definition) is 3. The number of hydrogen-bond donors (Lipinski definition) is 0. The van der Waals surface area contributed by atoms with Crippen LogP contribution in [-0.4, -0.2) is 36.7 Å². The Morgan fingerprint density at radius 2 is 2.00 bits per heavy atom. The predicted octanol–water partition coefficient (Wildman–Crippen LogP) is 2.66. The van der Waals surface area contributed by atoms with Gasteiger partial charge in [-0.05, 0) is 35.7 Å². The standard InChI is InChI=1S/C19H19NO3/c21-19(20-9-8-14-4-1-2-5-16(14)11-20)15-6-3-7-17(10-15)22-12-18-13-23-18/h1-7,10,18H,8-9,11-13H2. The number of carbonyl (C=O) groups excluding carboxylic acids is 1. The Hall–Kier alpha value is -2.33. The molecule has 1 atom stereocenters. The van der Waals surface area contributed by atoms with Crippen molar-refractivity contribution in [3.8, 4) is 5.75 Å². The summed E-state index contributed by atoms with van der Waals surface area (Å²) in [7, 11) is 0. The summed E-state index contributed by atoms with van der Waals surface area (Å²) < 4.78 is 10.8. The van der Waals surface area contributed by atoms with Crippen LogP contribution in [0.3, 0.4) is 0 Å². The minimum Gasteiger partial charge on any atom is -0.491 e. The van der Waals surface area contributed by atoms with E-state index in [0.29, 0.717) is 18.7 Å². The van der Waals surface area contributed by atoms with E-state index >= 15 is 0 Å². The zero-order valence-electron chi connectivity index (χ0n) is 12.9. The van der Waals surface area contributed by atoms with Gasteiger partial charge in [-0.3, -0.25) is 4.79 Å². The number of benzene rings is 2. The van der Waals surface area contributed by atoms with Gasteiger partial charge in [0, 0.05) is 18.7 Å². The summed E-state index contributed by atoms with van der Waals surface area (Å²) >= 11 is 0. The second-order valence-corrected chi connectivity index (χ2v) is 6.04. The second kappa shape index (κ2) is 6.05. The monoisotopic (exact) mass is 309 g/mol. The first-order valence-corrected chi connectivity index (χ1v) is 8.00. The van der Waals surface area contributed by atoms with Crippen molar-refractivity contribution in [2.24, 2.45) is 0 Å². The molecule has 1 fully saturated rings. The largest absolute Gasteiger partial charge is 0.491 e. The smallest absolute Gasteiger partial charge is 0.254 e. The molecule has 1 amide bonds. The topological polar surface area (TPSA) is 42.1 Å². The van der Waals surface area contributed by atoms with Crippen LogP contribution in [-0.2, 0) is 17.7 Å². The predicted molar refractivity (Wildman–Crippen MR) is 86.6 cm³/mol. The van der Waals surface area contributed by atoms with E-state index in [1.165, 1.54) is 11.1 Å². The van der Waals surface area contributed by atoms with Gasteiger partial charge in [-0.15, -0.1) is 0 Å². The van der Waals surface area contributed by atoms with Crippen LogP contribution in [0.5, 0.6) is 5.75 Å². The molecule has 0 saturated carbocycles. The maximum atomic E-state index is 12.8. The summed E-state index contributed by atoms with van der Waals surface area (Å²) in [5, 5.41) is 0. The lowest BCUT2D eigenvalue weighted by molar-refractivity contribution is 0.0734. The highest BCUT2D eigenvalue weighted by Crippen LogP contribution is 2.22. The molecule has 23 heavy (non-hydrogen) atoms. The molecule has 4 heteroatoms. The fourth-order valence-electron chi connectivity index (χ4n) is 2.92. The maximum Gasteiger partial charge on any atom is 0.254 e. The van der Waals surface area contributed by atoms with E-state index in [0.717, 1.165) is 25.3 Å². The highest BCUT2D eigenvalue weighted by atomic mass is 16.6. The third kappa shape index (κ3) is 3.22. The van der Waals surface area contributed by atoms with Crippen LogP contribution in [0.4, 0.5) is 0 Å². The summed E-state index contributed by atoms with van der Waals surface area (Å²) in [6.45, 7) is 2.76. The van der Waals surface area contributed by atoms with Crippen molar-refractivity contribution in [2.75, 3.05) is 19.8 Å². The highest BCUT2D eigenvalue weighted by Gasteiger charge is 2.24. The Balaban J connectivity index is 1.47. The maximum absolute atomic E-state index is 12.8. The molecule has 118 valence electrons. The Kier molecular flexibility index (Phi) is 3.75. The normalized spacial score (nSPS) is 19.1. The van der Waals surface area contributed by atoms with Crippen LogP contribution in [0.2, 0.25) is 0 Å². The molecule has 0 spiro atoms. The number of fused-ring (bicyclic) bond motifs is 1. The van der Waals surface area contributed by atoms with Crippen molar-refractivity contribution < 1.29 is 14.3 Å². The molecule has 0 aliphatic carbocycles. The number of amides is 1. The van der Waals surface area contributed by atoms with Crippen molar-refractivity contribution >= 4 is 5.91 Å². The summed E-state index contributed by atoms with van der Waals surface area (Å²) in [6.07, 6.45) is 1.13. The minimum absolute atomic E-state index is 0.0626. The van der Waals surface area contributed by atoms with Crippen molar-refractivity contribution in [3.05, 3.63) is 65.2 Å². The zero-order valence-corrected chi connectivity index (χ0v) is 12.9. The number of epoxide rings is 1. The average Bonchev–Trinajstić information content (AvgIpc) is 3.43. The molecular formula is C19H19NO3. The highest BCUT2D eigenvalue weighted by molar-refractivity contribution is 5.94. The van der Waals surface area contributed by atoms with Crippen molar-refractivity contribution in [3.63, 3.8) is 0 Å². The van der Waals surface area contributed by atoms with E-state index < -0.39 is 0 Å². The van der Waals surface area contributed by atoms with Crippen LogP contribution in [0, 0.1) is 0 Å². The van der Waals surface area contributed by atoms with E-state index in [2.05, 4.69) is 18.2 Å². The zero-order chi connectivity index (χ0) is 15.6. The van der Waals surface area contributed by atoms with Crippen LogP contribution in [0.1, 0.15) is 21.5 Å². The minimum atomic E-state index is 0.0626. The lowest BCUT2D eigenvalue weighted by atomic mass is 9.99. The lowest BCUT2D eigenvalue weighted by Gasteiger charge is -2.29. The van der Waals surface area contributed by atoms with Gasteiger partial charge < -0.3 is 14.4 Å². The SMILES string of the molecule is O=C(c1cccc(OCC2CO2)c1)N1CCc2ccccc2C1. The number of rotatable bonds is 4. The van der Waals surface area contributed by atoms with Crippen molar-refractivity contribution in [1.29, 1.82) is 0 Å². The molecule has 0 bridgehead atoms. The van der Waals surface area contributed by atoms with Gasteiger partial charge in [-0.25, -0.2) is 0 Å². The molecular weight excluding hydrogens is 290 g/mol. The van der Waals surface area contributed by atoms with Gasteiger partial charge in [-0.1, -0.05) is 30.3 Å². The molecule has 2 aromatic carbocycles. The number of nitrogens with zero attached hydrogens (tertiary/aromatic N) is 1. The second-order valence-electron chi connectivity index (χ2n) is 6.04. The van der Waals surface area contributed by atoms with E-state index in [1.54, 1.807) is 0 Å². The van der Waals surface area contributed by atoms with Gasteiger partial charge >= 0.3 is 0 Å². The van der Waals surface area contributed by atoms with E-state index in [9.17, 15) is 4.79 Å². The molecule has 4 rings (SSSR count). The Morgan fingerprint density at radius 3 is 2.83 bits per heavy atom. The van der Waals surface area contributed by atoms with Gasteiger partial charge in [0.1, 0.15) is 18.5 Å². The molecule has 2 aromatic rings. The van der Waals surface area contributed by atoms with Crippen molar-refractivity contribution in [2.45, 2.75) is 19.1 Å². The summed E-state index contributed by atoms with van der Waals surface area (Å²) in [5.41, 5.74) is 3.27. The lowest BCUT2D eigenvalue weighted by Crippen LogP contribution is -2.35. The van der Waals surface area contributed by atoms with Crippen molar-refractivity contribution in [1.82, 2.24) is 4.90 Å². The molecule has 1 unspecified atom stereocenters.